The van der Waals surface area contributed by atoms with Crippen molar-refractivity contribution >= 4 is 23.2 Å². The molecule has 0 spiro atoms. The molecule has 0 aromatic heterocycles. The van der Waals surface area contributed by atoms with Crippen molar-refractivity contribution < 1.29 is 9.53 Å². The van der Waals surface area contributed by atoms with Crippen molar-refractivity contribution in [1.82, 2.24) is 10.3 Å². The van der Waals surface area contributed by atoms with Crippen LogP contribution < -0.4 is 15.2 Å². The van der Waals surface area contributed by atoms with Gasteiger partial charge in [0.1, 0.15) is 11.2 Å². The molecule has 35 heavy (non-hydrogen) atoms. The summed E-state index contributed by atoms with van der Waals surface area (Å²) in [6.45, 7) is 7.66. The summed E-state index contributed by atoms with van der Waals surface area (Å²) in [5.41, 5.74) is 6.69. The summed E-state index contributed by atoms with van der Waals surface area (Å²) < 4.78 is 5.50. The number of nitrogens with zero attached hydrogens (tertiary/aromatic N) is 2. The van der Waals surface area contributed by atoms with E-state index < -0.39 is 5.41 Å². The summed E-state index contributed by atoms with van der Waals surface area (Å²) in [4.78, 5) is 16.7. The summed E-state index contributed by atoms with van der Waals surface area (Å²) >= 11 is 6.21. The number of amides is 1. The fourth-order valence-corrected chi connectivity index (χ4v) is 5.29. The highest BCUT2D eigenvalue weighted by molar-refractivity contribution is 6.30. The summed E-state index contributed by atoms with van der Waals surface area (Å²) in [5, 5.41) is 2.42. The van der Waals surface area contributed by atoms with Gasteiger partial charge in [-0.15, -0.1) is 0 Å². The lowest BCUT2D eigenvalue weighted by molar-refractivity contribution is -0.122. The molecule has 1 atom stereocenters. The Labute approximate surface area is 213 Å². The number of para-hydroxylation sites is 1. The van der Waals surface area contributed by atoms with Crippen LogP contribution in [0.1, 0.15) is 37.0 Å². The molecular formula is C29H34ClN3O2. The van der Waals surface area contributed by atoms with E-state index in [1.165, 1.54) is 0 Å². The van der Waals surface area contributed by atoms with E-state index in [-0.39, 0.29) is 5.91 Å². The predicted molar refractivity (Wildman–Crippen MR) is 143 cm³/mol. The third-order valence-electron chi connectivity index (χ3n) is 7.04. The normalized spacial score (nSPS) is 17.2. The predicted octanol–water partition coefficient (Wildman–Crippen LogP) is 5.46. The van der Waals surface area contributed by atoms with Crippen LogP contribution in [-0.2, 0) is 16.6 Å². The van der Waals surface area contributed by atoms with E-state index >= 15 is 0 Å². The van der Waals surface area contributed by atoms with Gasteiger partial charge in [-0.05, 0) is 73.4 Å². The van der Waals surface area contributed by atoms with E-state index in [4.69, 9.17) is 16.3 Å². The molecule has 0 fully saturated rings. The molecule has 0 saturated heterocycles. The molecule has 0 aliphatic carbocycles. The van der Waals surface area contributed by atoms with Crippen molar-refractivity contribution in [1.29, 1.82) is 0 Å². The fourth-order valence-electron chi connectivity index (χ4n) is 5.10. The zero-order valence-corrected chi connectivity index (χ0v) is 21.5. The first kappa shape index (κ1) is 25.2. The Morgan fingerprint density at radius 2 is 1.71 bits per heavy atom. The fraction of sp³-hybridized carbons (Fsp3) is 0.345. The minimum absolute atomic E-state index is 0.0649. The average Bonchev–Trinajstić information content (AvgIpc) is 3.13. The van der Waals surface area contributed by atoms with Crippen LogP contribution in [0.25, 0.3) is 0 Å². The van der Waals surface area contributed by atoms with E-state index in [2.05, 4.69) is 42.4 Å². The molecule has 1 unspecified atom stereocenters. The van der Waals surface area contributed by atoms with Crippen LogP contribution in [0.2, 0.25) is 5.02 Å². The van der Waals surface area contributed by atoms with Gasteiger partial charge in [0.25, 0.3) is 5.91 Å². The second-order valence-electron chi connectivity index (χ2n) is 8.82. The molecule has 5 nitrogen and oxygen atoms in total. The van der Waals surface area contributed by atoms with Crippen molar-refractivity contribution in [3.8, 4) is 5.75 Å². The van der Waals surface area contributed by atoms with Gasteiger partial charge in [0.05, 0.1) is 12.8 Å². The van der Waals surface area contributed by atoms with Gasteiger partial charge in [-0.2, -0.15) is 0 Å². The minimum atomic E-state index is -0.735. The number of carbonyl (C=O) groups excluding carboxylic acids is 1. The third-order valence-corrected chi connectivity index (χ3v) is 7.28. The molecule has 0 radical (unpaired) electrons. The second-order valence-corrected chi connectivity index (χ2v) is 9.26. The summed E-state index contributed by atoms with van der Waals surface area (Å²) in [6, 6.07) is 24.0. The number of halogens is 1. The first-order chi connectivity index (χ1) is 17.0. The molecule has 1 heterocycles. The maximum absolute atomic E-state index is 14.3. The van der Waals surface area contributed by atoms with Crippen LogP contribution in [0.15, 0.2) is 72.8 Å². The quantitative estimate of drug-likeness (QED) is 0.387. The highest BCUT2D eigenvalue weighted by atomic mass is 35.5. The molecule has 1 aliphatic rings. The highest BCUT2D eigenvalue weighted by Gasteiger charge is 2.51. The Bertz CT molecular complexity index is 1150. The molecule has 0 saturated carbocycles. The molecule has 184 valence electrons. The molecule has 0 bridgehead atoms. The topological polar surface area (TPSA) is 44.8 Å². The number of benzene rings is 3. The van der Waals surface area contributed by atoms with Gasteiger partial charge in [-0.3, -0.25) is 4.79 Å². The summed E-state index contributed by atoms with van der Waals surface area (Å²) in [6.07, 6.45) is 1.39. The number of carbonyl (C=O) groups is 1. The number of ether oxygens (including phenoxy) is 1. The van der Waals surface area contributed by atoms with Crippen molar-refractivity contribution in [3.63, 3.8) is 0 Å². The third kappa shape index (κ3) is 4.94. The van der Waals surface area contributed by atoms with E-state index in [1.54, 1.807) is 12.1 Å². The van der Waals surface area contributed by atoms with E-state index in [0.29, 0.717) is 18.0 Å². The molecule has 1 N–H and O–H groups in total. The smallest absolute Gasteiger partial charge is 0.256 e. The maximum Gasteiger partial charge on any atom is 0.256 e. The standard InChI is InChI=1S/C29H34ClN3O2/c1-4-32(5-2)20-18-29(23-11-7-6-8-12-23)25-13-9-10-14-26(25)33(28(29)34)31-19-17-22-21-24(30)15-16-27(22)35-3/h6-16,21,31H,4-5,17-20H2,1-3H3. The van der Waals surface area contributed by atoms with Gasteiger partial charge in [0.15, 0.2) is 0 Å². The van der Waals surface area contributed by atoms with Crippen LogP contribution in [0.4, 0.5) is 5.69 Å². The highest BCUT2D eigenvalue weighted by Crippen LogP contribution is 2.47. The zero-order valence-electron chi connectivity index (χ0n) is 20.8. The Balaban J connectivity index is 1.65. The molecule has 1 amide bonds. The summed E-state index contributed by atoms with van der Waals surface area (Å²) in [5.74, 6) is 0.859. The maximum atomic E-state index is 14.3. The van der Waals surface area contributed by atoms with Crippen molar-refractivity contribution in [2.45, 2.75) is 32.1 Å². The summed E-state index contributed by atoms with van der Waals surface area (Å²) in [7, 11) is 1.66. The van der Waals surface area contributed by atoms with Crippen molar-refractivity contribution in [2.24, 2.45) is 0 Å². The minimum Gasteiger partial charge on any atom is -0.496 e. The largest absolute Gasteiger partial charge is 0.496 e. The van der Waals surface area contributed by atoms with E-state index in [9.17, 15) is 4.79 Å². The molecule has 3 aromatic rings. The number of hydrogen-bond donors (Lipinski definition) is 1. The zero-order chi connectivity index (χ0) is 24.8. The van der Waals surface area contributed by atoms with Gasteiger partial charge in [-0.1, -0.05) is 74.0 Å². The van der Waals surface area contributed by atoms with Crippen LogP contribution >= 0.6 is 11.6 Å². The SMILES string of the molecule is CCN(CC)CCC1(c2ccccc2)C(=O)N(NCCc2cc(Cl)ccc2OC)c2ccccc21. The first-order valence-corrected chi connectivity index (χ1v) is 12.7. The molecule has 4 rings (SSSR count). The number of hydrazine groups is 1. The van der Waals surface area contributed by atoms with Crippen LogP contribution in [0.5, 0.6) is 5.75 Å². The van der Waals surface area contributed by atoms with Gasteiger partial charge < -0.3 is 9.64 Å². The molecular weight excluding hydrogens is 458 g/mol. The van der Waals surface area contributed by atoms with Crippen molar-refractivity contribution in [2.75, 3.05) is 38.3 Å². The number of methoxy groups -OCH3 is 1. The average molecular weight is 492 g/mol. The number of hydrogen-bond acceptors (Lipinski definition) is 4. The number of anilines is 1. The van der Waals surface area contributed by atoms with Crippen LogP contribution in [-0.4, -0.2) is 44.1 Å². The van der Waals surface area contributed by atoms with Gasteiger partial charge in [0.2, 0.25) is 0 Å². The van der Waals surface area contributed by atoms with Crippen LogP contribution in [0, 0.1) is 0 Å². The second kappa shape index (κ2) is 11.3. The Hall–Kier alpha value is -2.86. The van der Waals surface area contributed by atoms with E-state index in [0.717, 1.165) is 54.2 Å². The lowest BCUT2D eigenvalue weighted by Crippen LogP contribution is -2.49. The van der Waals surface area contributed by atoms with Gasteiger partial charge in [-0.25, -0.2) is 10.4 Å². The Kier molecular flexibility index (Phi) is 8.11. The van der Waals surface area contributed by atoms with E-state index in [1.807, 2.05) is 54.6 Å². The van der Waals surface area contributed by atoms with Gasteiger partial charge in [0, 0.05) is 11.6 Å². The van der Waals surface area contributed by atoms with Crippen molar-refractivity contribution in [3.05, 3.63) is 94.5 Å². The van der Waals surface area contributed by atoms with Crippen LogP contribution in [0.3, 0.4) is 0 Å². The number of rotatable bonds is 11. The molecule has 3 aromatic carbocycles. The first-order valence-electron chi connectivity index (χ1n) is 12.3. The lowest BCUT2D eigenvalue weighted by Gasteiger charge is -2.32. The molecule has 1 aliphatic heterocycles. The Morgan fingerprint density at radius 1 is 1.00 bits per heavy atom. The number of fused-ring (bicyclic) bond motifs is 1. The number of nitrogens with one attached hydrogen (secondary N) is 1. The lowest BCUT2D eigenvalue weighted by atomic mass is 9.72. The van der Waals surface area contributed by atoms with Gasteiger partial charge >= 0.3 is 0 Å². The Morgan fingerprint density at radius 3 is 2.43 bits per heavy atom. The molecule has 6 heteroatoms. The monoisotopic (exact) mass is 491 g/mol.